The number of benzene rings is 2. The van der Waals surface area contributed by atoms with Gasteiger partial charge >= 0.3 is 0 Å². The zero-order chi connectivity index (χ0) is 15.1. The third-order valence-corrected chi connectivity index (χ3v) is 4.01. The number of fused-ring (bicyclic) bond motifs is 2. The number of rotatable bonds is 1. The maximum absolute atomic E-state index is 12.5. The van der Waals surface area contributed by atoms with Crippen molar-refractivity contribution in [1.29, 1.82) is 0 Å². The molecule has 3 nitrogen and oxygen atoms in total. The molecule has 2 heterocycles. The molecule has 4 aromatic rings. The fourth-order valence-corrected chi connectivity index (χ4v) is 2.94. The second-order valence-electron chi connectivity index (χ2n) is 5.43. The van der Waals surface area contributed by atoms with Gasteiger partial charge in [0.25, 0.3) is 0 Å². The summed E-state index contributed by atoms with van der Waals surface area (Å²) in [5.41, 5.74) is 3.39. The van der Waals surface area contributed by atoms with Crippen molar-refractivity contribution in [3.05, 3.63) is 76.6 Å². The minimum atomic E-state index is 0.00211. The highest BCUT2D eigenvalue weighted by Gasteiger charge is 2.09. The van der Waals surface area contributed by atoms with E-state index < -0.39 is 0 Å². The molecule has 0 saturated carbocycles. The molecule has 4 rings (SSSR count). The van der Waals surface area contributed by atoms with Crippen LogP contribution in [-0.4, -0.2) is 9.97 Å². The molecule has 0 radical (unpaired) electrons. The predicted molar refractivity (Wildman–Crippen MR) is 90.0 cm³/mol. The maximum Gasteiger partial charge on any atom is 0.191 e. The molecule has 0 fully saturated rings. The molecule has 2 aromatic carbocycles. The average molecular weight is 286 g/mol. The van der Waals surface area contributed by atoms with Crippen LogP contribution >= 0.6 is 0 Å². The lowest BCUT2D eigenvalue weighted by atomic mass is 10.0. The maximum atomic E-state index is 12.5. The van der Waals surface area contributed by atoms with Crippen LogP contribution < -0.4 is 5.43 Å². The summed E-state index contributed by atoms with van der Waals surface area (Å²) in [6.45, 7) is 1.93. The normalized spacial score (nSPS) is 11.1. The number of hydrogen-bond donors (Lipinski definition) is 1. The summed E-state index contributed by atoms with van der Waals surface area (Å²) in [6.07, 6.45) is 1.72. The Morgan fingerprint density at radius 1 is 1.00 bits per heavy atom. The van der Waals surface area contributed by atoms with Crippen molar-refractivity contribution in [2.45, 2.75) is 6.92 Å². The van der Waals surface area contributed by atoms with Crippen LogP contribution in [-0.2, 0) is 0 Å². The van der Waals surface area contributed by atoms with E-state index in [4.69, 9.17) is 0 Å². The van der Waals surface area contributed by atoms with Gasteiger partial charge in [0.1, 0.15) is 5.65 Å². The Labute approximate surface area is 127 Å². The van der Waals surface area contributed by atoms with Crippen LogP contribution in [0.25, 0.3) is 33.1 Å². The highest BCUT2D eigenvalue weighted by atomic mass is 16.1. The summed E-state index contributed by atoms with van der Waals surface area (Å²) in [4.78, 5) is 20.1. The van der Waals surface area contributed by atoms with E-state index in [1.165, 1.54) is 0 Å². The number of nitrogens with one attached hydrogen (secondary N) is 1. The lowest BCUT2D eigenvalue weighted by Crippen LogP contribution is -2.06. The highest BCUT2D eigenvalue weighted by molar-refractivity contribution is 5.96. The largest absolute Gasteiger partial charge is 0.339 e. The van der Waals surface area contributed by atoms with Gasteiger partial charge in [-0.25, -0.2) is 4.98 Å². The van der Waals surface area contributed by atoms with Crippen molar-refractivity contribution in [1.82, 2.24) is 9.97 Å². The van der Waals surface area contributed by atoms with Crippen LogP contribution in [0.4, 0.5) is 0 Å². The Kier molecular flexibility index (Phi) is 2.79. The molecule has 0 amide bonds. The summed E-state index contributed by atoms with van der Waals surface area (Å²) in [5, 5.41) is 2.93. The third-order valence-electron chi connectivity index (χ3n) is 4.01. The SMILES string of the molecule is Cc1ccnc2[nH]c(-c3cccc4ccccc34)cc(=O)c12. The Hall–Kier alpha value is -2.94. The van der Waals surface area contributed by atoms with E-state index >= 15 is 0 Å². The van der Waals surface area contributed by atoms with Crippen LogP contribution in [0, 0.1) is 6.92 Å². The molecule has 1 N–H and O–H groups in total. The topological polar surface area (TPSA) is 45.8 Å². The van der Waals surface area contributed by atoms with Crippen molar-refractivity contribution >= 4 is 21.8 Å². The molecule has 0 aliphatic heterocycles. The summed E-state index contributed by atoms with van der Waals surface area (Å²) >= 11 is 0. The van der Waals surface area contributed by atoms with Gasteiger partial charge < -0.3 is 4.98 Å². The zero-order valence-corrected chi connectivity index (χ0v) is 12.1. The molecule has 106 valence electrons. The number of hydrogen-bond acceptors (Lipinski definition) is 2. The van der Waals surface area contributed by atoms with Crippen molar-refractivity contribution < 1.29 is 0 Å². The van der Waals surface area contributed by atoms with Gasteiger partial charge in [-0.1, -0.05) is 42.5 Å². The molecule has 2 aromatic heterocycles. The highest BCUT2D eigenvalue weighted by Crippen LogP contribution is 2.27. The number of aromatic nitrogens is 2. The zero-order valence-electron chi connectivity index (χ0n) is 12.1. The third kappa shape index (κ3) is 1.91. The number of aromatic amines is 1. The van der Waals surface area contributed by atoms with Gasteiger partial charge in [-0.2, -0.15) is 0 Å². The Bertz CT molecular complexity index is 1060. The molecule has 3 heteroatoms. The van der Waals surface area contributed by atoms with Crippen molar-refractivity contribution in [2.75, 3.05) is 0 Å². The van der Waals surface area contributed by atoms with E-state index in [0.29, 0.717) is 11.0 Å². The van der Waals surface area contributed by atoms with E-state index in [9.17, 15) is 4.79 Å². The first kappa shape index (κ1) is 12.8. The summed E-state index contributed by atoms with van der Waals surface area (Å²) < 4.78 is 0. The van der Waals surface area contributed by atoms with Gasteiger partial charge in [0.15, 0.2) is 5.43 Å². The molecule has 0 atom stereocenters. The van der Waals surface area contributed by atoms with E-state index in [-0.39, 0.29) is 5.43 Å². The molecule has 0 spiro atoms. The lowest BCUT2D eigenvalue weighted by Gasteiger charge is -2.08. The molecule has 0 aliphatic rings. The number of nitrogens with zero attached hydrogens (tertiary/aromatic N) is 1. The van der Waals surface area contributed by atoms with Crippen LogP contribution in [0.15, 0.2) is 65.6 Å². The second-order valence-corrected chi connectivity index (χ2v) is 5.43. The first-order valence-corrected chi connectivity index (χ1v) is 7.21. The van der Waals surface area contributed by atoms with Crippen LogP contribution in [0.1, 0.15) is 5.56 Å². The van der Waals surface area contributed by atoms with Crippen molar-refractivity contribution in [3.8, 4) is 11.3 Å². The Balaban J connectivity index is 2.08. The summed E-state index contributed by atoms with van der Waals surface area (Å²) in [5.74, 6) is 0. The van der Waals surface area contributed by atoms with Gasteiger partial charge in [-0.05, 0) is 29.3 Å². The van der Waals surface area contributed by atoms with E-state index in [1.807, 2.05) is 37.3 Å². The Morgan fingerprint density at radius 2 is 1.82 bits per heavy atom. The van der Waals surface area contributed by atoms with Gasteiger partial charge in [0, 0.05) is 17.8 Å². The van der Waals surface area contributed by atoms with Crippen LogP contribution in [0.3, 0.4) is 0 Å². The number of pyridine rings is 2. The van der Waals surface area contributed by atoms with Crippen molar-refractivity contribution in [3.63, 3.8) is 0 Å². The molecule has 0 unspecified atom stereocenters. The molecule has 0 aliphatic carbocycles. The molecule has 0 bridgehead atoms. The standard InChI is InChI=1S/C19H14N2O/c1-12-9-10-20-19-18(12)17(22)11-16(21-19)15-8-4-6-13-5-2-3-7-14(13)15/h2-11H,1H3,(H,20,21,22). The molecule has 22 heavy (non-hydrogen) atoms. The molecule has 0 saturated heterocycles. The second kappa shape index (κ2) is 4.81. The van der Waals surface area contributed by atoms with E-state index in [1.54, 1.807) is 12.3 Å². The van der Waals surface area contributed by atoms with Gasteiger partial charge in [-0.3, -0.25) is 4.79 Å². The fourth-order valence-electron chi connectivity index (χ4n) is 2.94. The van der Waals surface area contributed by atoms with Gasteiger partial charge in [0.2, 0.25) is 0 Å². The predicted octanol–water partition coefficient (Wildman–Crippen LogP) is 4.05. The first-order valence-electron chi connectivity index (χ1n) is 7.21. The molecular weight excluding hydrogens is 272 g/mol. The summed E-state index contributed by atoms with van der Waals surface area (Å²) in [7, 11) is 0. The van der Waals surface area contributed by atoms with E-state index in [2.05, 4.69) is 28.2 Å². The Morgan fingerprint density at radius 3 is 2.73 bits per heavy atom. The number of aryl methyl sites for hydroxylation is 1. The first-order chi connectivity index (χ1) is 10.7. The minimum Gasteiger partial charge on any atom is -0.339 e. The average Bonchev–Trinajstić information content (AvgIpc) is 2.54. The number of H-pyrrole nitrogens is 1. The van der Waals surface area contributed by atoms with Crippen LogP contribution in [0.5, 0.6) is 0 Å². The minimum absolute atomic E-state index is 0.00211. The quantitative estimate of drug-likeness (QED) is 0.573. The summed E-state index contributed by atoms with van der Waals surface area (Å²) in [6, 6.07) is 17.8. The van der Waals surface area contributed by atoms with E-state index in [0.717, 1.165) is 27.6 Å². The lowest BCUT2D eigenvalue weighted by molar-refractivity contribution is 1.26. The van der Waals surface area contributed by atoms with Gasteiger partial charge in [0.05, 0.1) is 11.1 Å². The van der Waals surface area contributed by atoms with Crippen molar-refractivity contribution in [2.24, 2.45) is 0 Å². The fraction of sp³-hybridized carbons (Fsp3) is 0.0526. The van der Waals surface area contributed by atoms with Crippen LogP contribution in [0.2, 0.25) is 0 Å². The smallest absolute Gasteiger partial charge is 0.191 e. The van der Waals surface area contributed by atoms with Gasteiger partial charge in [-0.15, -0.1) is 0 Å². The monoisotopic (exact) mass is 286 g/mol. The molecular formula is C19H14N2O.